The molecule has 5 aliphatic carbocycles. The maximum Gasteiger partial charge on any atom is 0.346 e. The highest BCUT2D eigenvalue weighted by molar-refractivity contribution is 6.29. The molecule has 11 aliphatic rings. The normalized spacial score (nSPS) is 46.0. The van der Waals surface area contributed by atoms with Crippen LogP contribution in [0.2, 0.25) is 0 Å². The Morgan fingerprint density at radius 3 is 0.981 bits per heavy atom. The fraction of sp³-hybridized carbons (Fsp3) is 0.538. The third kappa shape index (κ3) is 12.7. The van der Waals surface area contributed by atoms with E-state index in [2.05, 4.69) is 0 Å². The molecule has 0 aromatic carbocycles. The Labute approximate surface area is 619 Å². The highest BCUT2D eigenvalue weighted by Gasteiger charge is 2.69. The minimum atomic E-state index is -2.28. The molecule has 0 amide bonds. The molecule has 0 aromatic rings. The van der Waals surface area contributed by atoms with Gasteiger partial charge in [0.2, 0.25) is 23.1 Å². The van der Waals surface area contributed by atoms with Crippen molar-refractivity contribution in [3.63, 3.8) is 0 Å². The van der Waals surface area contributed by atoms with Gasteiger partial charge < -0.3 is 109 Å². The van der Waals surface area contributed by atoms with Crippen LogP contribution in [0.1, 0.15) is 94.9 Å². The van der Waals surface area contributed by atoms with Crippen LogP contribution in [0.25, 0.3) is 0 Å². The van der Waals surface area contributed by atoms with Crippen LogP contribution in [0.3, 0.4) is 0 Å². The van der Waals surface area contributed by atoms with Crippen molar-refractivity contribution in [1.82, 2.24) is 0 Å². The second-order valence-electron chi connectivity index (χ2n) is 31.0. The molecule has 584 valence electrons. The summed E-state index contributed by atoms with van der Waals surface area (Å²) >= 11 is 0. The van der Waals surface area contributed by atoms with E-state index in [0.29, 0.717) is 22.3 Å². The molecule has 0 radical (unpaired) electrons. The molecule has 11 rings (SSSR count). The van der Waals surface area contributed by atoms with Gasteiger partial charge in [0.05, 0.1) is 61.3 Å². The number of carbonyl (C=O) groups is 8. The van der Waals surface area contributed by atoms with Crippen molar-refractivity contribution >= 4 is 47.0 Å². The smallest absolute Gasteiger partial charge is 0.346 e. The largest absolute Gasteiger partial charge is 0.507 e. The average molecular weight is 1510 g/mol. The lowest BCUT2D eigenvalue weighted by molar-refractivity contribution is -0.299. The molecule has 6 fully saturated rings. The maximum absolute atomic E-state index is 15.5. The van der Waals surface area contributed by atoms with Gasteiger partial charge in [-0.05, 0) is 111 Å². The molecule has 6 heterocycles. The van der Waals surface area contributed by atoms with Gasteiger partial charge in [-0.2, -0.15) is 0 Å². The topological polar surface area (TPSA) is 494 Å². The Morgan fingerprint density at radius 1 is 0.398 bits per heavy atom. The number of fused-ring (bicyclic) bond motifs is 4. The first-order chi connectivity index (χ1) is 50.6. The lowest BCUT2D eigenvalue weighted by Crippen LogP contribution is -2.59. The molecule has 30 heteroatoms. The molecule has 30 nitrogen and oxygen atoms in total. The molecule has 0 saturated carbocycles. The number of aliphatic hydroxyl groups excluding tert-OH is 14. The summed E-state index contributed by atoms with van der Waals surface area (Å²) in [4.78, 5) is 120. The van der Waals surface area contributed by atoms with Crippen molar-refractivity contribution in [2.75, 3.05) is 39.6 Å². The summed E-state index contributed by atoms with van der Waals surface area (Å²) in [6.45, 7) is 11.3. The number of Topliss-reactive ketones (excluding diaryl/α,β-unsaturated/α-hetero) is 4. The van der Waals surface area contributed by atoms with Gasteiger partial charge in [-0.3, -0.25) is 19.2 Å². The highest BCUT2D eigenvalue weighted by atomic mass is 16.7. The van der Waals surface area contributed by atoms with Gasteiger partial charge in [-0.25, -0.2) is 19.2 Å². The Balaban J connectivity index is 1.07. The molecule has 6 saturated heterocycles. The standard InChI is InChI=1S/C78H92O30/c1-35-13-11-17-71(7)27-43(33-101-69-59(91)57(89)55(87)47(31-81)103-69)39(5)23-75(71)61(93)49(65(97)105-75)46(84)16-20-74(10)26-42(30-80)38(4)22-78(74)64(96)52(68(100)108-78)54(86)36(2)14-12-18-72(8)28-44(34-102-70-60(92)58(90)56(88)48(32-82)104-70)40(6)24-76(72)62(94)50(66(98)106-76)45(83)15-19-73(9)25-41(29-79)37(3)21-77(73)63(95)51(53(35)85)67(99)107-77/h11-20,25-28,37-40,47-48,55-60,69-70,79-92H,21-24,29-34H2,1-10H3/b17-11+,18-12+,19-15+,20-16+,35-13-,36-14-,49-46-,50-45-,53-51-,54-52+/t37?,38?,39?,40?,47-,48-,55+,56+,57+,58+,59-,60-,69+,70+,71?,72?,73?,74?,75?,76?,77?,78?/m1/s1. The molecular weight excluding hydrogens is 1420 g/mol. The number of allylic oxidation sites excluding steroid dienone is 8. The van der Waals surface area contributed by atoms with E-state index in [0.717, 1.165) is 12.2 Å². The highest BCUT2D eigenvalue weighted by Crippen LogP contribution is 2.59. The van der Waals surface area contributed by atoms with E-state index in [1.165, 1.54) is 114 Å². The first-order valence-electron chi connectivity index (χ1n) is 35.5. The monoisotopic (exact) mass is 1510 g/mol. The number of hydrogen-bond donors (Lipinski definition) is 14. The number of aliphatic hydroxyl groups is 14. The zero-order valence-corrected chi connectivity index (χ0v) is 61.0. The predicted molar refractivity (Wildman–Crippen MR) is 372 cm³/mol. The molecule has 6 aliphatic heterocycles. The second-order valence-corrected chi connectivity index (χ2v) is 31.0. The fourth-order valence-electron chi connectivity index (χ4n) is 17.0. The van der Waals surface area contributed by atoms with Crippen molar-refractivity contribution in [1.29, 1.82) is 0 Å². The molecule has 14 N–H and O–H groups in total. The zero-order chi connectivity index (χ0) is 79.4. The van der Waals surface area contributed by atoms with Gasteiger partial charge in [0, 0.05) is 25.7 Å². The van der Waals surface area contributed by atoms with E-state index >= 15 is 19.2 Å². The Kier molecular flexibility index (Phi) is 21.7. The number of esters is 4. The Hall–Kier alpha value is -8.44. The minimum Gasteiger partial charge on any atom is -0.507 e. The first-order valence-corrected chi connectivity index (χ1v) is 35.5. The molecule has 8 bridgehead atoms. The molecule has 108 heavy (non-hydrogen) atoms. The van der Waals surface area contributed by atoms with Crippen LogP contribution >= 0.6 is 0 Å². The van der Waals surface area contributed by atoms with Gasteiger partial charge in [0.15, 0.2) is 35.0 Å². The van der Waals surface area contributed by atoms with Crippen LogP contribution in [0, 0.1) is 45.3 Å². The third-order valence-corrected chi connectivity index (χ3v) is 24.0. The van der Waals surface area contributed by atoms with Crippen LogP contribution in [-0.2, 0) is 76.3 Å². The van der Waals surface area contributed by atoms with Gasteiger partial charge in [-0.15, -0.1) is 0 Å². The second kappa shape index (κ2) is 29.1. The van der Waals surface area contributed by atoms with Crippen molar-refractivity contribution in [3.05, 3.63) is 164 Å². The van der Waals surface area contributed by atoms with Crippen LogP contribution in [-0.4, -0.2) is 242 Å². The number of carbonyl (C=O) groups excluding carboxylic acids is 8. The number of rotatable bonds is 10. The molecular formula is C78H92O30. The maximum atomic E-state index is 15.5. The summed E-state index contributed by atoms with van der Waals surface area (Å²) in [5, 5.41) is 154. The van der Waals surface area contributed by atoms with Crippen molar-refractivity contribution < 1.29 is 148 Å². The Morgan fingerprint density at radius 2 is 0.676 bits per heavy atom. The van der Waals surface area contributed by atoms with Crippen molar-refractivity contribution in [3.8, 4) is 0 Å². The molecule has 22 atom stereocenters. The SMILES string of the molecule is CC1=C/C=C/C2(C)C=C(CO[C@H]3O[C@H](CO)[C@H](O)[C@H](O)[C@H]3O)C(C)CC23OC(=O)/C(=C(O)/C=C/C2(C)C=C(CO)C(C)CC24OC(=O)\C(=C(O)/C(C)=C\C=C\C2(C)C=C(CO[C@H]5O[C@H](CO)[C@H](O)[C@H](O)[C@H]5O)C(C)CC25OC(=O)/C(=C(O)/C=C/C2(C)C=C(CO)C(C)CC26OC(=O)\C(=C\1O)C6=O)C5=O)C4=O)C3=O. The average Bonchev–Trinajstić information content (AvgIpc) is 1.55. The van der Waals surface area contributed by atoms with Crippen LogP contribution in [0.15, 0.2) is 164 Å². The van der Waals surface area contributed by atoms with Crippen LogP contribution in [0.5, 0.6) is 0 Å². The van der Waals surface area contributed by atoms with Gasteiger partial charge in [0.25, 0.3) is 0 Å². The van der Waals surface area contributed by atoms with E-state index in [1.54, 1.807) is 27.7 Å². The van der Waals surface area contributed by atoms with Gasteiger partial charge in [0.1, 0.15) is 94.2 Å². The molecule has 12 unspecified atom stereocenters. The summed E-state index contributed by atoms with van der Waals surface area (Å²) in [6.07, 6.45) is -0.393. The fourth-order valence-corrected chi connectivity index (χ4v) is 17.0. The summed E-state index contributed by atoms with van der Waals surface area (Å²) in [6, 6.07) is 0. The van der Waals surface area contributed by atoms with E-state index in [9.17, 15) is 90.7 Å². The van der Waals surface area contributed by atoms with Crippen molar-refractivity contribution in [2.45, 2.75) is 179 Å². The lowest BCUT2D eigenvalue weighted by Gasteiger charge is -2.46. The quantitative estimate of drug-likeness (QED) is 0.0646. The number of ether oxygens (including phenoxy) is 8. The number of hydrogen-bond acceptors (Lipinski definition) is 30. The van der Waals surface area contributed by atoms with Crippen molar-refractivity contribution in [2.24, 2.45) is 45.3 Å². The van der Waals surface area contributed by atoms with Crippen LogP contribution < -0.4 is 0 Å². The van der Waals surface area contributed by atoms with Crippen LogP contribution in [0.4, 0.5) is 0 Å². The lowest BCUT2D eigenvalue weighted by atomic mass is 9.60. The van der Waals surface area contributed by atoms with E-state index in [4.69, 9.17) is 37.9 Å². The first kappa shape index (κ1) is 80.6. The van der Waals surface area contributed by atoms with E-state index in [1.807, 2.05) is 0 Å². The third-order valence-electron chi connectivity index (χ3n) is 24.0. The minimum absolute atomic E-state index is 0.175. The van der Waals surface area contributed by atoms with E-state index < -0.39 is 261 Å². The zero-order valence-electron chi connectivity index (χ0n) is 61.0. The Bertz CT molecular complexity index is 4030. The summed E-state index contributed by atoms with van der Waals surface area (Å²) in [5.74, 6) is -16.4. The molecule has 4 spiro atoms. The summed E-state index contributed by atoms with van der Waals surface area (Å²) < 4.78 is 47.6. The predicted octanol–water partition coefficient (Wildman–Crippen LogP) is 2.33. The number of ketones is 4. The van der Waals surface area contributed by atoms with Gasteiger partial charge in [-0.1, -0.05) is 101 Å². The van der Waals surface area contributed by atoms with Gasteiger partial charge >= 0.3 is 23.9 Å². The summed E-state index contributed by atoms with van der Waals surface area (Å²) in [7, 11) is 0. The van der Waals surface area contributed by atoms with E-state index in [-0.39, 0.29) is 36.8 Å². The summed E-state index contributed by atoms with van der Waals surface area (Å²) in [5.41, 5.74) is -19.0. The molecule has 0 aromatic heterocycles.